The zero-order valence-electron chi connectivity index (χ0n) is 18.7. The Bertz CT molecular complexity index is 1120. The SMILES string of the molecule is C=CC(=O)NC1CC2CN(S(=O)(=O)c3ccc(C(=O)N(C)Cc4ccccc4)cc3)CC2C1. The fourth-order valence-electron chi connectivity index (χ4n) is 4.90. The number of carbonyl (C=O) groups excluding carboxylic acids is 2. The van der Waals surface area contributed by atoms with Gasteiger partial charge in [0.1, 0.15) is 0 Å². The zero-order chi connectivity index (χ0) is 23.6. The van der Waals surface area contributed by atoms with Gasteiger partial charge in [-0.05, 0) is 60.6 Å². The van der Waals surface area contributed by atoms with Crippen molar-refractivity contribution in [2.24, 2.45) is 11.8 Å². The minimum Gasteiger partial charge on any atom is -0.350 e. The lowest BCUT2D eigenvalue weighted by molar-refractivity contribution is -0.117. The van der Waals surface area contributed by atoms with E-state index < -0.39 is 10.0 Å². The Morgan fingerprint density at radius 2 is 1.67 bits per heavy atom. The van der Waals surface area contributed by atoms with Gasteiger partial charge in [0.2, 0.25) is 15.9 Å². The molecule has 2 aliphatic rings. The van der Waals surface area contributed by atoms with E-state index in [0.29, 0.717) is 25.2 Å². The van der Waals surface area contributed by atoms with Gasteiger partial charge in [0.15, 0.2) is 0 Å². The number of nitrogens with one attached hydrogen (secondary N) is 1. The number of hydrogen-bond donors (Lipinski definition) is 1. The fraction of sp³-hybridized carbons (Fsp3) is 0.360. The first-order valence-electron chi connectivity index (χ1n) is 11.1. The van der Waals surface area contributed by atoms with Crippen LogP contribution >= 0.6 is 0 Å². The van der Waals surface area contributed by atoms with Crippen molar-refractivity contribution in [1.29, 1.82) is 0 Å². The molecule has 1 N–H and O–H groups in total. The van der Waals surface area contributed by atoms with Gasteiger partial charge in [0.25, 0.3) is 5.91 Å². The average molecular weight is 468 g/mol. The molecule has 4 rings (SSSR count). The maximum absolute atomic E-state index is 13.2. The number of carbonyl (C=O) groups is 2. The lowest BCUT2D eigenvalue weighted by atomic mass is 10.0. The van der Waals surface area contributed by atoms with Crippen LogP contribution in [-0.4, -0.2) is 55.6 Å². The van der Waals surface area contributed by atoms with Crippen LogP contribution in [0.25, 0.3) is 0 Å². The largest absolute Gasteiger partial charge is 0.350 e. The zero-order valence-corrected chi connectivity index (χ0v) is 19.5. The molecule has 1 aliphatic heterocycles. The van der Waals surface area contributed by atoms with Crippen LogP contribution in [0.1, 0.15) is 28.8 Å². The van der Waals surface area contributed by atoms with Crippen molar-refractivity contribution in [3.8, 4) is 0 Å². The smallest absolute Gasteiger partial charge is 0.253 e. The number of amides is 2. The molecule has 1 heterocycles. The molecule has 1 aliphatic carbocycles. The molecule has 0 radical (unpaired) electrons. The molecule has 33 heavy (non-hydrogen) atoms. The highest BCUT2D eigenvalue weighted by Crippen LogP contribution is 2.40. The summed E-state index contributed by atoms with van der Waals surface area (Å²) in [7, 11) is -1.90. The number of fused-ring (bicyclic) bond motifs is 1. The summed E-state index contributed by atoms with van der Waals surface area (Å²) in [6.07, 6.45) is 2.81. The summed E-state index contributed by atoms with van der Waals surface area (Å²) in [5.41, 5.74) is 1.48. The molecule has 2 atom stereocenters. The number of sulfonamides is 1. The van der Waals surface area contributed by atoms with Gasteiger partial charge in [0, 0.05) is 38.3 Å². The highest BCUT2D eigenvalue weighted by atomic mass is 32.2. The molecular weight excluding hydrogens is 438 g/mol. The van der Waals surface area contributed by atoms with E-state index >= 15 is 0 Å². The summed E-state index contributed by atoms with van der Waals surface area (Å²) < 4.78 is 27.9. The Balaban J connectivity index is 1.38. The van der Waals surface area contributed by atoms with Crippen molar-refractivity contribution in [3.05, 3.63) is 78.4 Å². The van der Waals surface area contributed by atoms with Crippen LogP contribution in [0.4, 0.5) is 0 Å². The first kappa shape index (κ1) is 23.2. The number of rotatable bonds is 7. The van der Waals surface area contributed by atoms with Gasteiger partial charge in [-0.3, -0.25) is 9.59 Å². The minimum atomic E-state index is -3.63. The van der Waals surface area contributed by atoms with E-state index in [1.165, 1.54) is 22.5 Å². The van der Waals surface area contributed by atoms with Crippen molar-refractivity contribution in [1.82, 2.24) is 14.5 Å². The number of nitrogens with zero attached hydrogens (tertiary/aromatic N) is 2. The molecule has 0 bridgehead atoms. The van der Waals surface area contributed by atoms with E-state index in [2.05, 4.69) is 11.9 Å². The van der Waals surface area contributed by atoms with Crippen LogP contribution in [0.3, 0.4) is 0 Å². The summed E-state index contributed by atoms with van der Waals surface area (Å²) in [5.74, 6) is 0.129. The molecule has 7 nitrogen and oxygen atoms in total. The van der Waals surface area contributed by atoms with Gasteiger partial charge in [-0.2, -0.15) is 4.31 Å². The number of hydrogen-bond acceptors (Lipinski definition) is 4. The molecule has 0 spiro atoms. The van der Waals surface area contributed by atoms with Crippen molar-refractivity contribution in [2.75, 3.05) is 20.1 Å². The topological polar surface area (TPSA) is 86.8 Å². The van der Waals surface area contributed by atoms with Gasteiger partial charge in [-0.25, -0.2) is 8.42 Å². The van der Waals surface area contributed by atoms with Gasteiger partial charge in [0.05, 0.1) is 4.90 Å². The Morgan fingerprint density at radius 3 is 2.24 bits per heavy atom. The second-order valence-corrected chi connectivity index (χ2v) is 10.8. The predicted octanol–water partition coefficient (Wildman–Crippen LogP) is 2.66. The highest BCUT2D eigenvalue weighted by molar-refractivity contribution is 7.89. The van der Waals surface area contributed by atoms with E-state index in [0.717, 1.165) is 18.4 Å². The molecule has 2 aromatic rings. The van der Waals surface area contributed by atoms with Crippen LogP contribution < -0.4 is 5.32 Å². The maximum Gasteiger partial charge on any atom is 0.253 e. The van der Waals surface area contributed by atoms with Crippen molar-refractivity contribution in [3.63, 3.8) is 0 Å². The molecule has 0 aromatic heterocycles. The van der Waals surface area contributed by atoms with E-state index in [9.17, 15) is 18.0 Å². The second kappa shape index (κ2) is 9.49. The van der Waals surface area contributed by atoms with Crippen LogP contribution in [0, 0.1) is 11.8 Å². The van der Waals surface area contributed by atoms with Crippen molar-refractivity contribution >= 4 is 21.8 Å². The van der Waals surface area contributed by atoms with Crippen LogP contribution in [0.5, 0.6) is 0 Å². The van der Waals surface area contributed by atoms with Crippen LogP contribution in [0.15, 0.2) is 72.1 Å². The van der Waals surface area contributed by atoms with E-state index in [1.54, 1.807) is 24.1 Å². The third-order valence-electron chi connectivity index (χ3n) is 6.60. The van der Waals surface area contributed by atoms with Crippen LogP contribution in [0.2, 0.25) is 0 Å². The first-order chi connectivity index (χ1) is 15.8. The molecule has 2 amide bonds. The van der Waals surface area contributed by atoms with Gasteiger partial charge >= 0.3 is 0 Å². The Kier molecular flexibility index (Phi) is 6.67. The standard InChI is InChI=1S/C25H29N3O4S/c1-3-24(29)26-22-13-20-16-28(17-21(20)14-22)33(31,32)23-11-9-19(10-12-23)25(30)27(2)15-18-7-5-4-6-8-18/h3-12,20-22H,1,13-17H2,2H3,(H,26,29). The molecule has 2 fully saturated rings. The third-order valence-corrected chi connectivity index (χ3v) is 8.44. The highest BCUT2D eigenvalue weighted by Gasteiger charge is 2.45. The van der Waals surface area contributed by atoms with Gasteiger partial charge in [-0.1, -0.05) is 36.9 Å². The summed E-state index contributed by atoms with van der Waals surface area (Å²) in [4.78, 5) is 26.1. The normalized spacial score (nSPS) is 22.5. The second-order valence-electron chi connectivity index (χ2n) is 8.89. The molecule has 174 valence electrons. The van der Waals surface area contributed by atoms with Crippen molar-refractivity contribution < 1.29 is 18.0 Å². The Labute approximate surface area is 195 Å². The third kappa shape index (κ3) is 5.02. The lowest BCUT2D eigenvalue weighted by Crippen LogP contribution is -2.35. The average Bonchev–Trinajstić information content (AvgIpc) is 3.38. The lowest BCUT2D eigenvalue weighted by Gasteiger charge is -2.20. The van der Waals surface area contributed by atoms with Crippen molar-refractivity contribution in [2.45, 2.75) is 30.3 Å². The summed E-state index contributed by atoms with van der Waals surface area (Å²) in [5, 5.41) is 2.92. The Hall–Kier alpha value is -2.97. The summed E-state index contributed by atoms with van der Waals surface area (Å²) in [6, 6.07) is 16.0. The van der Waals surface area contributed by atoms with Gasteiger partial charge < -0.3 is 10.2 Å². The van der Waals surface area contributed by atoms with Crippen LogP contribution in [-0.2, 0) is 21.4 Å². The quantitative estimate of drug-likeness (QED) is 0.635. The molecule has 8 heteroatoms. The maximum atomic E-state index is 13.2. The monoisotopic (exact) mass is 467 g/mol. The molecule has 2 aromatic carbocycles. The Morgan fingerprint density at radius 1 is 1.06 bits per heavy atom. The fourth-order valence-corrected chi connectivity index (χ4v) is 6.45. The van der Waals surface area contributed by atoms with E-state index in [4.69, 9.17) is 0 Å². The molecule has 1 saturated heterocycles. The van der Waals surface area contributed by atoms with Gasteiger partial charge in [-0.15, -0.1) is 0 Å². The number of benzene rings is 2. The summed E-state index contributed by atoms with van der Waals surface area (Å²) >= 11 is 0. The molecule has 1 saturated carbocycles. The predicted molar refractivity (Wildman–Crippen MR) is 126 cm³/mol. The first-order valence-corrected chi connectivity index (χ1v) is 12.5. The van der Waals surface area contributed by atoms with E-state index in [-0.39, 0.29) is 34.6 Å². The summed E-state index contributed by atoms with van der Waals surface area (Å²) in [6.45, 7) is 4.86. The molecule has 2 unspecified atom stereocenters. The minimum absolute atomic E-state index is 0.0773. The molecular formula is C25H29N3O4S. The van der Waals surface area contributed by atoms with E-state index in [1.807, 2.05) is 30.3 Å².